The second-order valence-electron chi connectivity index (χ2n) is 29.2. The molecule has 29 N–H and O–H groups in total. The van der Waals surface area contributed by atoms with E-state index in [2.05, 4.69) is 73.5 Å². The Balaban J connectivity index is 2.14. The van der Waals surface area contributed by atoms with E-state index in [1.165, 1.54) is 0 Å². The van der Waals surface area contributed by atoms with E-state index in [1.807, 2.05) is 24.3 Å². The quantitative estimate of drug-likeness (QED) is 0.0191. The summed E-state index contributed by atoms with van der Waals surface area (Å²) in [5.41, 5.74) is 47.4. The summed E-state index contributed by atoms with van der Waals surface area (Å²) in [7, 11) is 0. The molecule has 0 fully saturated rings. The van der Waals surface area contributed by atoms with Crippen LogP contribution in [0.1, 0.15) is 177 Å². The number of aromatic amines is 1. The van der Waals surface area contributed by atoms with Crippen molar-refractivity contribution in [1.82, 2.24) is 63.5 Å². The van der Waals surface area contributed by atoms with Crippen LogP contribution in [0.3, 0.4) is 0 Å². The van der Waals surface area contributed by atoms with Gasteiger partial charge in [-0.25, -0.2) is 0 Å². The number of aromatic nitrogens is 1. The molecule has 37 nitrogen and oxygen atoms in total. The van der Waals surface area contributed by atoms with Gasteiger partial charge in [0, 0.05) is 48.8 Å². The summed E-state index contributed by atoms with van der Waals surface area (Å²) in [4.78, 5) is 207. The number of fused-ring (bicyclic) bond motifs is 1. The molecule has 0 aliphatic carbocycles. The van der Waals surface area contributed by atoms with Gasteiger partial charge in [-0.3, -0.25) is 77.1 Å². The summed E-state index contributed by atoms with van der Waals surface area (Å²) in [6, 6.07) is -9.00. The topological polar surface area (TPSA) is 640 Å². The Kier molecular flexibility index (Phi) is 42.8. The molecule has 38 heteroatoms. The smallest absolute Gasteiger partial charge is 0.303 e. The number of para-hydroxylation sites is 1. The van der Waals surface area contributed by atoms with Crippen LogP contribution in [0.25, 0.3) is 10.9 Å². The van der Waals surface area contributed by atoms with Gasteiger partial charge in [0.2, 0.25) is 76.8 Å². The van der Waals surface area contributed by atoms with Crippen LogP contribution in [0, 0.1) is 23.7 Å². The number of nitrogens with two attached hydrogens (primary N) is 8. The molecular weight excluding hydrogens is 1460 g/mol. The lowest BCUT2D eigenvalue weighted by atomic mass is 9.96. The number of nitrogens with one attached hydrogen (secondary N) is 12. The van der Waals surface area contributed by atoms with Crippen molar-refractivity contribution in [2.45, 2.75) is 250 Å². The molecule has 0 spiro atoms. The van der Waals surface area contributed by atoms with Crippen LogP contribution in [-0.4, -0.2) is 203 Å². The Bertz CT molecular complexity index is 3530. The van der Waals surface area contributed by atoms with Crippen LogP contribution in [0.5, 0.6) is 0 Å². The third kappa shape index (κ3) is 36.1. The van der Waals surface area contributed by atoms with Gasteiger partial charge in [0.25, 0.3) is 0 Å². The maximum atomic E-state index is 15.0. The van der Waals surface area contributed by atoms with Gasteiger partial charge in [-0.1, -0.05) is 86.1 Å². The molecule has 13 atom stereocenters. The number of nitrogens with zero attached hydrogens (tertiary/aromatic N) is 2. The molecule has 2 heterocycles. The molecule has 0 bridgehead atoms. The van der Waals surface area contributed by atoms with Crippen molar-refractivity contribution in [1.29, 1.82) is 0 Å². The zero-order valence-corrected chi connectivity index (χ0v) is 65.9. The van der Waals surface area contributed by atoms with Crippen molar-refractivity contribution >= 4 is 117 Å². The van der Waals surface area contributed by atoms with Crippen LogP contribution < -0.4 is 104 Å². The van der Waals surface area contributed by atoms with E-state index in [0.29, 0.717) is 19.3 Å². The van der Waals surface area contributed by atoms with Gasteiger partial charge in [0.15, 0.2) is 11.9 Å². The van der Waals surface area contributed by atoms with Crippen molar-refractivity contribution in [3.63, 3.8) is 0 Å². The van der Waals surface area contributed by atoms with E-state index in [-0.39, 0.29) is 139 Å². The Labute approximate surface area is 652 Å². The average Bonchev–Trinajstić information content (AvgIpc) is 1.80. The number of hydrogen-bond donors (Lipinski definition) is 21. The highest BCUT2D eigenvalue weighted by molar-refractivity contribution is 8.02. The highest BCUT2D eigenvalue weighted by Crippen LogP contribution is 2.21. The van der Waals surface area contributed by atoms with E-state index in [0.717, 1.165) is 28.2 Å². The number of H-pyrrole nitrogens is 1. The number of carboxylic acids is 1. The van der Waals surface area contributed by atoms with Crippen molar-refractivity contribution in [3.8, 4) is 0 Å². The molecule has 0 radical (unpaired) electrons. The molecule has 620 valence electrons. The number of carbonyl (C=O) groups excluding carboxylic acids is 13. The van der Waals surface area contributed by atoms with Crippen LogP contribution in [-0.2, 0) is 73.5 Å². The first-order valence-electron chi connectivity index (χ1n) is 38.0. The molecule has 3 rings (SSSR count). The summed E-state index contributed by atoms with van der Waals surface area (Å²) in [5, 5.41) is 41.5. The number of carbonyl (C=O) groups is 14. The normalized spacial score (nSPS) is 19.2. The van der Waals surface area contributed by atoms with Gasteiger partial charge in [0.1, 0.15) is 66.5 Å². The maximum Gasteiger partial charge on any atom is 0.303 e. The monoisotopic (exact) mass is 1580 g/mol. The molecule has 0 unspecified atom stereocenters. The third-order valence-electron chi connectivity index (χ3n) is 18.2. The minimum absolute atomic E-state index is 0.00169. The van der Waals surface area contributed by atoms with E-state index < -0.39 is 180 Å². The predicted octanol–water partition coefficient (Wildman–Crippen LogP) is -2.16. The number of thioether (sulfide) groups is 1. The van der Waals surface area contributed by atoms with Gasteiger partial charge in [-0.2, -0.15) is 0 Å². The highest BCUT2D eigenvalue weighted by Gasteiger charge is 2.39. The summed E-state index contributed by atoms with van der Waals surface area (Å²) in [6.45, 7) is 14.4. The first-order chi connectivity index (χ1) is 52.4. The molecule has 13 amide bonds. The Hall–Kier alpha value is -10.1. The number of guanidine groups is 2. The predicted molar refractivity (Wildman–Crippen MR) is 422 cm³/mol. The molecule has 1 aliphatic rings. The van der Waals surface area contributed by atoms with Crippen LogP contribution in [0.4, 0.5) is 0 Å². The second-order valence-corrected chi connectivity index (χ2v) is 30.1. The minimum atomic E-state index is -1.55. The van der Waals surface area contributed by atoms with Gasteiger partial charge < -0.3 is 114 Å². The molecule has 1 aromatic carbocycles. The fraction of sp³-hybridized carbons (Fsp3) is 0.644. The second kappa shape index (κ2) is 49.9. The third-order valence-corrected chi connectivity index (χ3v) is 19.1. The number of allylic oxidation sites excluding steroid dienone is 1. The van der Waals surface area contributed by atoms with E-state index in [9.17, 15) is 72.2 Å². The number of hydrogen-bond acceptors (Lipinski definition) is 19. The van der Waals surface area contributed by atoms with Gasteiger partial charge in [-0.05, 0) is 150 Å². The van der Waals surface area contributed by atoms with E-state index >= 15 is 0 Å². The first kappa shape index (κ1) is 95.1. The number of carboxylic acid groups (broad SMARTS) is 1. The standard InChI is InChI=1S/C73H122N22O15S/c1-9-42(8)59-71(110)93-55(35-41(6)7)68(107)89-50(23-17-30-82-72(78)79)63(102)87-49(64(103)91-54(34-40(4)5)69(108)92-53(33-39(2)3)67(106)90-52(25-27-57(76)96)66(105)85-47(60(77)99)26-28-58(97)98)21-11-10-16-32-111-38-56(70(109)95-59)94-65(104)51(24-18-31-83-73(80)81)88-62(101)48(22-14-15-29-74)86-61(100)45(75)36-43-37-84-46-20-13-12-19-44(43)46/h12-13,16,19-20,32,37,39-42,45,47-56,59,84H,9-11,14-15,17-18,21-31,33-36,38,74-75H2,1-8H3,(H2,76,96)(H2,77,99)(H,85,105)(H,86,100)(H,87,102)(H,88,101)(H,89,107)(H,90,106)(H,91,103)(H,92,108)(H,93,110)(H,94,104)(H,95,109)(H,97,98)(H4,78,79,82)(H4,80,81,83)/b32-16+/t42-,45-,47-,48-,49-,50-,51-,52-,53-,54-,55-,56-,59-/m0/s1. The molecular formula is C73H122N22O15S. The summed E-state index contributed by atoms with van der Waals surface area (Å²) in [5.74, 6) is -14.5. The summed E-state index contributed by atoms with van der Waals surface area (Å²) in [6.07, 6.45) is 3.43. The van der Waals surface area contributed by atoms with Crippen molar-refractivity contribution in [2.24, 2.45) is 79.5 Å². The molecule has 0 saturated heterocycles. The van der Waals surface area contributed by atoms with Gasteiger partial charge in [-0.15, -0.1) is 11.8 Å². The highest BCUT2D eigenvalue weighted by atomic mass is 32.2. The largest absolute Gasteiger partial charge is 0.481 e. The molecule has 1 aromatic heterocycles. The first-order valence-corrected chi connectivity index (χ1v) is 39.0. The number of benzene rings is 1. The zero-order chi connectivity index (χ0) is 83.0. The number of amides is 13. The number of rotatable bonds is 43. The fourth-order valence-electron chi connectivity index (χ4n) is 12.0. The summed E-state index contributed by atoms with van der Waals surface area (Å²) < 4.78 is 0. The molecule has 1 aliphatic heterocycles. The minimum Gasteiger partial charge on any atom is -0.481 e. The van der Waals surface area contributed by atoms with E-state index in [1.54, 1.807) is 73.1 Å². The maximum absolute atomic E-state index is 15.0. The number of aliphatic carboxylic acids is 1. The van der Waals surface area contributed by atoms with Crippen molar-refractivity contribution < 1.29 is 72.2 Å². The fourth-order valence-corrected chi connectivity index (χ4v) is 12.8. The lowest BCUT2D eigenvalue weighted by Gasteiger charge is -2.30. The lowest BCUT2D eigenvalue weighted by molar-refractivity contribution is -0.138. The Morgan fingerprint density at radius 3 is 1.72 bits per heavy atom. The van der Waals surface area contributed by atoms with Crippen LogP contribution in [0.15, 0.2) is 51.9 Å². The van der Waals surface area contributed by atoms with Gasteiger partial charge >= 0.3 is 5.97 Å². The molecule has 0 saturated carbocycles. The molecule has 111 heavy (non-hydrogen) atoms. The van der Waals surface area contributed by atoms with Crippen LogP contribution >= 0.6 is 11.8 Å². The van der Waals surface area contributed by atoms with Crippen LogP contribution in [0.2, 0.25) is 0 Å². The van der Waals surface area contributed by atoms with E-state index in [4.69, 9.17) is 45.9 Å². The van der Waals surface area contributed by atoms with Crippen molar-refractivity contribution in [3.05, 3.63) is 47.5 Å². The SMILES string of the molecule is CC[C@H](C)[C@@H]1NC(=O)[C@@H](NC(=O)[C@H](CCCN=C(N)N)NC(=O)[C@H](CCCCN)NC(=O)[C@@H](N)Cc2c[nH]c3ccccc23)CS/C=C/CCC[C@@H](C(=O)N[C@@H](CC(C)C)C(=O)N[C@@H](CC(C)C)C(=O)N[C@@H](CCC(N)=O)C(=O)N[C@@H](CCC(=O)O)C(N)=O)NC(=O)[C@H](CCCN=C(N)N)NC(=O)[C@H](CC(C)C)NC1=O. The van der Waals surface area contributed by atoms with Crippen molar-refractivity contribution in [2.75, 3.05) is 25.4 Å². The Morgan fingerprint density at radius 2 is 1.14 bits per heavy atom. The average molecular weight is 1580 g/mol. The number of primary amides is 2. The number of aliphatic imine (C=N–C) groups is 2. The summed E-state index contributed by atoms with van der Waals surface area (Å²) >= 11 is 1.08. The lowest BCUT2D eigenvalue weighted by Crippen LogP contribution is -2.62. The Morgan fingerprint density at radius 1 is 0.595 bits per heavy atom. The van der Waals surface area contributed by atoms with Gasteiger partial charge in [0.05, 0.1) is 6.04 Å². The molecule has 2 aromatic rings. The number of unbranched alkanes of at least 4 members (excludes halogenated alkanes) is 1. The zero-order valence-electron chi connectivity index (χ0n) is 65.1.